The number of methoxy groups -OCH3 is 1. The smallest absolute Gasteiger partial charge is 0.121 e. The minimum Gasteiger partial charge on any atom is -0.496 e. The molecule has 1 unspecified atom stereocenters. The predicted molar refractivity (Wildman–Crippen MR) is 102 cm³/mol. The van der Waals surface area contributed by atoms with Gasteiger partial charge in [-0.25, -0.2) is 0 Å². The van der Waals surface area contributed by atoms with Crippen molar-refractivity contribution < 1.29 is 9.84 Å². The van der Waals surface area contributed by atoms with Crippen LogP contribution >= 0.6 is 0 Å². The van der Waals surface area contributed by atoms with E-state index in [4.69, 9.17) is 10.5 Å². The van der Waals surface area contributed by atoms with Gasteiger partial charge in [-0.2, -0.15) is 0 Å². The van der Waals surface area contributed by atoms with E-state index >= 15 is 0 Å². The molecule has 1 aliphatic carbocycles. The van der Waals surface area contributed by atoms with Gasteiger partial charge in [0.2, 0.25) is 0 Å². The van der Waals surface area contributed by atoms with Crippen molar-refractivity contribution in [1.82, 2.24) is 4.90 Å². The summed E-state index contributed by atoms with van der Waals surface area (Å²) >= 11 is 0. The first-order valence-electron chi connectivity index (χ1n) is 9.87. The zero-order valence-corrected chi connectivity index (χ0v) is 15.8. The predicted octanol–water partition coefficient (Wildman–Crippen LogP) is 3.21. The minimum atomic E-state index is -0.584. The van der Waals surface area contributed by atoms with Crippen LogP contribution in [0.2, 0.25) is 0 Å². The van der Waals surface area contributed by atoms with E-state index in [1.807, 2.05) is 0 Å². The first kappa shape index (κ1) is 18.7. The number of likely N-dealkylation sites (tertiary alicyclic amines) is 1. The SMILES string of the molecule is COc1ccc(C(CN2CCC(N)CC2)C2(O)CCCCC2)cc1C. The largest absolute Gasteiger partial charge is 0.496 e. The van der Waals surface area contributed by atoms with Crippen LogP contribution in [-0.4, -0.2) is 48.4 Å². The van der Waals surface area contributed by atoms with Crippen molar-refractivity contribution in [2.75, 3.05) is 26.7 Å². The van der Waals surface area contributed by atoms with Gasteiger partial charge in [-0.1, -0.05) is 31.4 Å². The highest BCUT2D eigenvalue weighted by atomic mass is 16.5. The maximum atomic E-state index is 11.5. The zero-order valence-electron chi connectivity index (χ0n) is 15.8. The number of aliphatic hydroxyl groups is 1. The molecule has 0 amide bonds. The first-order chi connectivity index (χ1) is 12.0. The van der Waals surface area contributed by atoms with Crippen LogP contribution in [-0.2, 0) is 0 Å². The quantitative estimate of drug-likeness (QED) is 0.859. The summed E-state index contributed by atoms with van der Waals surface area (Å²) in [5, 5.41) is 11.5. The number of hydrogen-bond acceptors (Lipinski definition) is 4. The molecular formula is C21H34N2O2. The van der Waals surface area contributed by atoms with Crippen molar-refractivity contribution in [3.63, 3.8) is 0 Å². The van der Waals surface area contributed by atoms with E-state index in [9.17, 15) is 5.11 Å². The Labute approximate surface area is 152 Å². The number of ether oxygens (including phenoxy) is 1. The highest BCUT2D eigenvalue weighted by Crippen LogP contribution is 2.41. The maximum Gasteiger partial charge on any atom is 0.121 e. The Bertz CT molecular complexity index is 561. The molecule has 4 heteroatoms. The van der Waals surface area contributed by atoms with Crippen LogP contribution in [0.25, 0.3) is 0 Å². The molecule has 1 aromatic carbocycles. The molecule has 2 fully saturated rings. The van der Waals surface area contributed by atoms with Crippen molar-refractivity contribution in [1.29, 1.82) is 0 Å². The molecule has 1 saturated heterocycles. The second kappa shape index (κ2) is 8.07. The van der Waals surface area contributed by atoms with Crippen LogP contribution in [0.5, 0.6) is 5.75 Å². The molecule has 1 saturated carbocycles. The third-order valence-electron chi connectivity index (χ3n) is 6.26. The van der Waals surface area contributed by atoms with Gasteiger partial charge in [0.05, 0.1) is 12.7 Å². The Balaban J connectivity index is 1.84. The lowest BCUT2D eigenvalue weighted by molar-refractivity contribution is -0.0324. The Kier molecular flexibility index (Phi) is 6.03. The molecule has 1 aromatic rings. The normalized spacial score (nSPS) is 23.4. The van der Waals surface area contributed by atoms with Gasteiger partial charge in [0.15, 0.2) is 0 Å². The maximum absolute atomic E-state index is 11.5. The van der Waals surface area contributed by atoms with Crippen LogP contribution in [0.15, 0.2) is 18.2 Å². The average Bonchev–Trinajstić information content (AvgIpc) is 2.61. The summed E-state index contributed by atoms with van der Waals surface area (Å²) in [7, 11) is 1.71. The minimum absolute atomic E-state index is 0.159. The molecule has 2 aliphatic rings. The van der Waals surface area contributed by atoms with Crippen LogP contribution in [0, 0.1) is 6.92 Å². The van der Waals surface area contributed by atoms with Gasteiger partial charge in [-0.05, 0) is 62.9 Å². The number of aryl methyl sites for hydroxylation is 1. The highest BCUT2D eigenvalue weighted by Gasteiger charge is 2.40. The van der Waals surface area contributed by atoms with Gasteiger partial charge in [0.25, 0.3) is 0 Å². The summed E-state index contributed by atoms with van der Waals surface area (Å²) in [5.41, 5.74) is 7.88. The van der Waals surface area contributed by atoms with Crippen molar-refractivity contribution >= 4 is 0 Å². The lowest BCUT2D eigenvalue weighted by Gasteiger charge is -2.43. The zero-order chi connectivity index (χ0) is 17.9. The van der Waals surface area contributed by atoms with Crippen molar-refractivity contribution in [2.24, 2.45) is 5.73 Å². The molecule has 3 N–H and O–H groups in total. The van der Waals surface area contributed by atoms with Crippen molar-refractivity contribution in [3.05, 3.63) is 29.3 Å². The monoisotopic (exact) mass is 346 g/mol. The molecule has 25 heavy (non-hydrogen) atoms. The topological polar surface area (TPSA) is 58.7 Å². The van der Waals surface area contributed by atoms with Gasteiger partial charge in [0.1, 0.15) is 5.75 Å². The molecular weight excluding hydrogens is 312 g/mol. The summed E-state index contributed by atoms with van der Waals surface area (Å²) in [4.78, 5) is 2.50. The Hall–Kier alpha value is -1.10. The molecule has 0 spiro atoms. The average molecular weight is 347 g/mol. The van der Waals surface area contributed by atoms with E-state index in [0.29, 0.717) is 6.04 Å². The fourth-order valence-electron chi connectivity index (χ4n) is 4.61. The van der Waals surface area contributed by atoms with Crippen molar-refractivity contribution in [2.45, 2.75) is 69.4 Å². The van der Waals surface area contributed by atoms with E-state index in [0.717, 1.165) is 69.5 Å². The third kappa shape index (κ3) is 4.36. The van der Waals surface area contributed by atoms with Crippen LogP contribution in [0.4, 0.5) is 0 Å². The number of nitrogens with two attached hydrogens (primary N) is 1. The Morgan fingerprint density at radius 1 is 1.24 bits per heavy atom. The first-order valence-corrected chi connectivity index (χ1v) is 9.87. The fourth-order valence-corrected chi connectivity index (χ4v) is 4.61. The van der Waals surface area contributed by atoms with Crippen LogP contribution in [0.1, 0.15) is 62.0 Å². The Morgan fingerprint density at radius 3 is 2.52 bits per heavy atom. The van der Waals surface area contributed by atoms with Crippen LogP contribution in [0.3, 0.4) is 0 Å². The molecule has 0 radical (unpaired) electrons. The molecule has 0 bridgehead atoms. The van der Waals surface area contributed by atoms with E-state index in [1.54, 1.807) is 7.11 Å². The van der Waals surface area contributed by atoms with Gasteiger partial charge < -0.3 is 20.5 Å². The van der Waals surface area contributed by atoms with E-state index in [2.05, 4.69) is 30.0 Å². The van der Waals surface area contributed by atoms with Gasteiger partial charge in [-0.15, -0.1) is 0 Å². The fraction of sp³-hybridized carbons (Fsp3) is 0.714. The standard InChI is InChI=1S/C21H34N2O2/c1-16-14-17(6-7-20(16)25-2)19(21(24)10-4-3-5-11-21)15-23-12-8-18(22)9-13-23/h6-7,14,18-19,24H,3-5,8-13,15,22H2,1-2H3. The van der Waals surface area contributed by atoms with E-state index in [1.165, 1.54) is 12.0 Å². The van der Waals surface area contributed by atoms with Crippen LogP contribution < -0.4 is 10.5 Å². The Morgan fingerprint density at radius 2 is 1.92 bits per heavy atom. The number of nitrogens with zero attached hydrogens (tertiary/aromatic N) is 1. The summed E-state index contributed by atoms with van der Waals surface area (Å²) in [6, 6.07) is 6.76. The summed E-state index contributed by atoms with van der Waals surface area (Å²) in [6.45, 7) is 5.10. The van der Waals surface area contributed by atoms with E-state index < -0.39 is 5.60 Å². The molecule has 4 nitrogen and oxygen atoms in total. The number of piperidine rings is 1. The molecule has 1 aliphatic heterocycles. The van der Waals surface area contributed by atoms with Crippen molar-refractivity contribution in [3.8, 4) is 5.75 Å². The molecule has 1 atom stereocenters. The molecule has 1 heterocycles. The van der Waals surface area contributed by atoms with E-state index in [-0.39, 0.29) is 5.92 Å². The van der Waals surface area contributed by atoms with Gasteiger partial charge in [0, 0.05) is 18.5 Å². The van der Waals surface area contributed by atoms with Gasteiger partial charge in [-0.3, -0.25) is 0 Å². The van der Waals surface area contributed by atoms with Gasteiger partial charge >= 0.3 is 0 Å². The second-order valence-electron chi connectivity index (χ2n) is 8.08. The summed E-state index contributed by atoms with van der Waals surface area (Å²) in [5.74, 6) is 1.08. The summed E-state index contributed by atoms with van der Waals surface area (Å²) in [6.07, 6.45) is 7.46. The lowest BCUT2D eigenvalue weighted by atomic mass is 9.72. The third-order valence-corrected chi connectivity index (χ3v) is 6.26. The molecule has 3 rings (SSSR count). The lowest BCUT2D eigenvalue weighted by Crippen LogP contribution is -2.47. The molecule has 0 aromatic heterocycles. The number of hydrogen-bond donors (Lipinski definition) is 2. The molecule has 140 valence electrons. The number of benzene rings is 1. The summed E-state index contributed by atoms with van der Waals surface area (Å²) < 4.78 is 5.43. The number of rotatable bonds is 5. The second-order valence-corrected chi connectivity index (χ2v) is 8.08. The highest BCUT2D eigenvalue weighted by molar-refractivity contribution is 5.38.